The Kier molecular flexibility index (Phi) is 7.56. The summed E-state index contributed by atoms with van der Waals surface area (Å²) in [6.07, 6.45) is 3.15. The molecule has 0 spiro atoms. The van der Waals surface area contributed by atoms with Crippen LogP contribution in [0.4, 0.5) is 11.4 Å². The number of sulfone groups is 1. The maximum absolute atomic E-state index is 12.8. The number of anilines is 2. The average Bonchev–Trinajstić information content (AvgIpc) is 3.22. The molecule has 1 aromatic heterocycles. The number of amides is 2. The van der Waals surface area contributed by atoms with E-state index in [9.17, 15) is 13.2 Å². The number of nitrogen functional groups attached to an aromatic ring is 1. The number of hydrogen-bond acceptors (Lipinski definition) is 6. The number of carbonyl (C=O) groups is 2. The lowest BCUT2D eigenvalue weighted by atomic mass is 9.88. The van der Waals surface area contributed by atoms with E-state index >= 15 is 0 Å². The molecule has 0 unspecified atom stereocenters. The fourth-order valence-corrected chi connectivity index (χ4v) is 5.15. The molecule has 0 aliphatic heterocycles. The molecule has 0 atom stereocenters. The first-order valence-electron chi connectivity index (χ1n) is 11.6. The van der Waals surface area contributed by atoms with Crippen LogP contribution in [0.25, 0.3) is 16.9 Å². The van der Waals surface area contributed by atoms with Gasteiger partial charge in [0.05, 0.1) is 32.7 Å². The number of hydrogen-bond donors (Lipinski definition) is 3. The average molecular weight is 552 g/mol. The van der Waals surface area contributed by atoms with E-state index < -0.39 is 9.84 Å². The van der Waals surface area contributed by atoms with Gasteiger partial charge in [-0.2, -0.15) is 5.10 Å². The first-order valence-corrected chi connectivity index (χ1v) is 13.8. The van der Waals surface area contributed by atoms with Gasteiger partial charge < -0.3 is 16.8 Å². The van der Waals surface area contributed by atoms with Crippen LogP contribution in [0, 0.1) is 6.92 Å². The SMILES string of the molecule is Cc1nn(-c2ccc(S(C)(=O)=O)cc2)c2c1CCc1ccc(NC(=O)c3ccc(Cl)c(N)c3)cc1-2.NC=O. The van der Waals surface area contributed by atoms with Crippen molar-refractivity contribution < 1.29 is 18.0 Å². The van der Waals surface area contributed by atoms with Gasteiger partial charge in [-0.1, -0.05) is 17.7 Å². The molecule has 5 rings (SSSR count). The molecule has 3 aromatic carbocycles. The summed E-state index contributed by atoms with van der Waals surface area (Å²) in [5, 5.41) is 8.10. The van der Waals surface area contributed by atoms with Crippen LogP contribution in [0.15, 0.2) is 65.6 Å². The third kappa shape index (κ3) is 5.41. The van der Waals surface area contributed by atoms with Gasteiger partial charge in [0.25, 0.3) is 5.91 Å². The van der Waals surface area contributed by atoms with Gasteiger partial charge in [-0.3, -0.25) is 9.59 Å². The minimum atomic E-state index is -3.29. The fraction of sp³-hybridized carbons (Fsp3) is 0.148. The smallest absolute Gasteiger partial charge is 0.255 e. The third-order valence-corrected chi connectivity index (χ3v) is 7.69. The van der Waals surface area contributed by atoms with Crippen molar-refractivity contribution >= 4 is 45.1 Å². The zero-order valence-corrected chi connectivity index (χ0v) is 22.3. The van der Waals surface area contributed by atoms with Crippen LogP contribution in [0.3, 0.4) is 0 Å². The molecule has 5 N–H and O–H groups in total. The van der Waals surface area contributed by atoms with Crippen molar-refractivity contribution in [1.82, 2.24) is 9.78 Å². The van der Waals surface area contributed by atoms with Crippen LogP contribution in [-0.2, 0) is 27.5 Å². The Bertz CT molecular complexity index is 1650. The molecule has 38 heavy (non-hydrogen) atoms. The summed E-state index contributed by atoms with van der Waals surface area (Å²) in [4.78, 5) is 21.7. The van der Waals surface area contributed by atoms with Crippen molar-refractivity contribution in [3.8, 4) is 16.9 Å². The predicted molar refractivity (Wildman–Crippen MR) is 148 cm³/mol. The topological polar surface area (TPSA) is 150 Å². The lowest BCUT2D eigenvalue weighted by molar-refractivity contribution is -0.106. The highest BCUT2D eigenvalue weighted by atomic mass is 35.5. The molecule has 4 aromatic rings. The second-order valence-corrected chi connectivity index (χ2v) is 11.2. The van der Waals surface area contributed by atoms with Gasteiger partial charge in [0, 0.05) is 28.6 Å². The van der Waals surface area contributed by atoms with Gasteiger partial charge in [0.15, 0.2) is 9.84 Å². The zero-order valence-electron chi connectivity index (χ0n) is 20.7. The van der Waals surface area contributed by atoms with Crippen molar-refractivity contribution in [2.24, 2.45) is 5.73 Å². The van der Waals surface area contributed by atoms with Crippen molar-refractivity contribution in [1.29, 1.82) is 0 Å². The largest absolute Gasteiger partial charge is 0.398 e. The van der Waals surface area contributed by atoms with Crippen LogP contribution < -0.4 is 16.8 Å². The Hall–Kier alpha value is -4.15. The minimum Gasteiger partial charge on any atom is -0.398 e. The van der Waals surface area contributed by atoms with Crippen LogP contribution >= 0.6 is 11.6 Å². The number of primary amides is 1. The first kappa shape index (κ1) is 26.9. The number of fused-ring (bicyclic) bond motifs is 3. The number of aromatic nitrogens is 2. The summed E-state index contributed by atoms with van der Waals surface area (Å²) in [5.41, 5.74) is 17.3. The molecule has 1 aliphatic carbocycles. The molecular weight excluding hydrogens is 526 g/mol. The van der Waals surface area contributed by atoms with Gasteiger partial charge in [0.2, 0.25) is 6.41 Å². The molecule has 9 nitrogen and oxygen atoms in total. The van der Waals surface area contributed by atoms with Crippen LogP contribution in [0.2, 0.25) is 5.02 Å². The van der Waals surface area contributed by atoms with Gasteiger partial charge >= 0.3 is 0 Å². The van der Waals surface area contributed by atoms with Gasteiger partial charge in [-0.05, 0) is 79.9 Å². The van der Waals surface area contributed by atoms with Gasteiger partial charge in [-0.15, -0.1) is 0 Å². The number of aryl methyl sites for hydroxylation is 2. The monoisotopic (exact) mass is 551 g/mol. The van der Waals surface area contributed by atoms with Gasteiger partial charge in [0.1, 0.15) is 0 Å². The van der Waals surface area contributed by atoms with E-state index in [1.54, 1.807) is 42.5 Å². The third-order valence-electron chi connectivity index (χ3n) is 6.22. The molecule has 0 bridgehead atoms. The molecule has 196 valence electrons. The highest BCUT2D eigenvalue weighted by Gasteiger charge is 2.25. The number of nitrogens with zero attached hydrogens (tertiary/aromatic N) is 2. The standard InChI is InChI=1S/C26H23ClN4O3S.CH3NO/c1-15-21-11-4-16-3-6-18(29-26(32)17-5-12-23(27)24(28)13-17)14-22(16)25(21)31(30-15)19-7-9-20(10-8-19)35(2,33)34;2-1-3/h3,5-10,12-14H,4,11,28H2,1-2H3,(H,29,32);1H,(H2,2,3). The summed E-state index contributed by atoms with van der Waals surface area (Å²) in [6.45, 7) is 1.97. The Labute approximate surface area is 225 Å². The van der Waals surface area contributed by atoms with Crippen molar-refractivity contribution in [3.05, 3.63) is 88.1 Å². The molecule has 11 heteroatoms. The Morgan fingerprint density at radius 2 is 1.76 bits per heavy atom. The second-order valence-electron chi connectivity index (χ2n) is 8.79. The molecular formula is C27H26ClN5O4S. The van der Waals surface area contributed by atoms with E-state index in [0.29, 0.717) is 22.0 Å². The molecule has 2 amide bonds. The number of benzene rings is 3. The number of halogens is 1. The summed E-state index contributed by atoms with van der Waals surface area (Å²) < 4.78 is 25.6. The summed E-state index contributed by atoms with van der Waals surface area (Å²) in [7, 11) is -3.29. The maximum Gasteiger partial charge on any atom is 0.255 e. The van der Waals surface area contributed by atoms with E-state index in [2.05, 4.69) is 11.1 Å². The second kappa shape index (κ2) is 10.7. The Morgan fingerprint density at radius 1 is 1.08 bits per heavy atom. The summed E-state index contributed by atoms with van der Waals surface area (Å²) in [6, 6.07) is 17.3. The van der Waals surface area contributed by atoms with E-state index in [1.807, 2.05) is 29.8 Å². The summed E-state index contributed by atoms with van der Waals surface area (Å²) >= 11 is 5.98. The highest BCUT2D eigenvalue weighted by molar-refractivity contribution is 7.90. The van der Waals surface area contributed by atoms with E-state index in [1.165, 1.54) is 6.26 Å². The quantitative estimate of drug-likeness (QED) is 0.258. The zero-order chi connectivity index (χ0) is 27.6. The van der Waals surface area contributed by atoms with Crippen LogP contribution in [0.1, 0.15) is 27.2 Å². The molecule has 0 saturated carbocycles. The number of nitrogens with two attached hydrogens (primary N) is 2. The molecule has 0 radical (unpaired) electrons. The van der Waals surface area contributed by atoms with E-state index in [4.69, 9.17) is 27.2 Å². The number of rotatable bonds is 4. The van der Waals surface area contributed by atoms with Crippen LogP contribution in [0.5, 0.6) is 0 Å². The fourth-order valence-electron chi connectivity index (χ4n) is 4.40. The normalized spacial score (nSPS) is 12.0. The molecule has 1 heterocycles. The van der Waals surface area contributed by atoms with Gasteiger partial charge in [-0.25, -0.2) is 13.1 Å². The lowest BCUT2D eigenvalue weighted by Gasteiger charge is -2.20. The molecule has 0 saturated heterocycles. The van der Waals surface area contributed by atoms with Crippen LogP contribution in [-0.4, -0.2) is 36.8 Å². The molecule has 0 fully saturated rings. The highest BCUT2D eigenvalue weighted by Crippen LogP contribution is 2.38. The van der Waals surface area contributed by atoms with E-state index in [0.717, 1.165) is 46.6 Å². The maximum atomic E-state index is 12.8. The van der Waals surface area contributed by atoms with Crippen molar-refractivity contribution in [2.45, 2.75) is 24.7 Å². The minimum absolute atomic E-state index is 0.250. The Balaban J connectivity index is 0.00000107. The summed E-state index contributed by atoms with van der Waals surface area (Å²) in [5.74, 6) is -0.287. The first-order chi connectivity index (χ1) is 18.0. The lowest BCUT2D eigenvalue weighted by Crippen LogP contribution is -2.13. The predicted octanol–water partition coefficient (Wildman–Crippen LogP) is 3.94. The van der Waals surface area contributed by atoms with E-state index in [-0.39, 0.29) is 17.2 Å². The molecule has 1 aliphatic rings. The van der Waals surface area contributed by atoms with Crippen molar-refractivity contribution in [3.63, 3.8) is 0 Å². The Morgan fingerprint density at radius 3 is 2.39 bits per heavy atom. The number of nitrogens with one attached hydrogen (secondary N) is 1. The number of carbonyl (C=O) groups excluding carboxylic acids is 2. The van der Waals surface area contributed by atoms with Crippen molar-refractivity contribution in [2.75, 3.05) is 17.3 Å².